The zero-order chi connectivity index (χ0) is 11.9. The Labute approximate surface area is 100 Å². The SMILES string of the molecule is C=CCN(CC=C)CC1(CC)CCCNC1. The summed E-state index contributed by atoms with van der Waals surface area (Å²) in [5.74, 6) is 0. The zero-order valence-electron chi connectivity index (χ0n) is 10.7. The molecule has 1 aliphatic rings. The molecule has 0 amide bonds. The van der Waals surface area contributed by atoms with E-state index in [2.05, 4.69) is 30.3 Å². The Bertz CT molecular complexity index is 207. The molecule has 1 N–H and O–H groups in total. The van der Waals surface area contributed by atoms with Crippen molar-refractivity contribution in [3.63, 3.8) is 0 Å². The van der Waals surface area contributed by atoms with Crippen LogP contribution >= 0.6 is 0 Å². The maximum absolute atomic E-state index is 3.83. The van der Waals surface area contributed by atoms with Crippen LogP contribution in [-0.4, -0.2) is 37.6 Å². The van der Waals surface area contributed by atoms with E-state index in [-0.39, 0.29) is 0 Å². The molecule has 92 valence electrons. The van der Waals surface area contributed by atoms with Gasteiger partial charge < -0.3 is 5.32 Å². The van der Waals surface area contributed by atoms with Crippen molar-refractivity contribution in [1.29, 1.82) is 0 Å². The van der Waals surface area contributed by atoms with E-state index in [0.29, 0.717) is 5.41 Å². The summed E-state index contributed by atoms with van der Waals surface area (Å²) in [7, 11) is 0. The van der Waals surface area contributed by atoms with Gasteiger partial charge in [0.25, 0.3) is 0 Å². The van der Waals surface area contributed by atoms with Gasteiger partial charge in [-0.15, -0.1) is 13.2 Å². The molecule has 1 atom stereocenters. The molecule has 0 spiro atoms. The largest absolute Gasteiger partial charge is 0.316 e. The second kappa shape index (κ2) is 6.87. The van der Waals surface area contributed by atoms with Gasteiger partial charge in [-0.05, 0) is 31.2 Å². The number of hydrogen-bond acceptors (Lipinski definition) is 2. The minimum Gasteiger partial charge on any atom is -0.316 e. The second-order valence-corrected chi connectivity index (χ2v) is 4.91. The summed E-state index contributed by atoms with van der Waals surface area (Å²) in [5.41, 5.74) is 0.463. The van der Waals surface area contributed by atoms with E-state index in [0.717, 1.165) is 26.2 Å². The fourth-order valence-electron chi connectivity index (χ4n) is 2.62. The first kappa shape index (κ1) is 13.5. The van der Waals surface area contributed by atoms with E-state index in [1.807, 2.05) is 12.2 Å². The van der Waals surface area contributed by atoms with Crippen LogP contribution in [0.5, 0.6) is 0 Å². The quantitative estimate of drug-likeness (QED) is 0.666. The number of nitrogens with one attached hydrogen (secondary N) is 1. The van der Waals surface area contributed by atoms with Gasteiger partial charge in [0.1, 0.15) is 0 Å². The highest BCUT2D eigenvalue weighted by Crippen LogP contribution is 2.30. The maximum Gasteiger partial charge on any atom is 0.0164 e. The van der Waals surface area contributed by atoms with Crippen molar-refractivity contribution < 1.29 is 0 Å². The summed E-state index contributed by atoms with van der Waals surface area (Å²) in [4.78, 5) is 2.44. The van der Waals surface area contributed by atoms with Crippen molar-refractivity contribution in [3.05, 3.63) is 25.3 Å². The lowest BCUT2D eigenvalue weighted by molar-refractivity contribution is 0.127. The average Bonchev–Trinajstić information content (AvgIpc) is 2.31. The van der Waals surface area contributed by atoms with Crippen LogP contribution in [0.2, 0.25) is 0 Å². The lowest BCUT2D eigenvalue weighted by atomic mass is 9.78. The molecule has 1 rings (SSSR count). The third kappa shape index (κ3) is 3.76. The average molecular weight is 222 g/mol. The van der Waals surface area contributed by atoms with Crippen LogP contribution in [0.3, 0.4) is 0 Å². The number of nitrogens with zero attached hydrogens (tertiary/aromatic N) is 1. The van der Waals surface area contributed by atoms with Crippen molar-refractivity contribution in [1.82, 2.24) is 10.2 Å². The first-order valence-corrected chi connectivity index (χ1v) is 6.41. The van der Waals surface area contributed by atoms with Crippen molar-refractivity contribution >= 4 is 0 Å². The molecule has 2 heteroatoms. The smallest absolute Gasteiger partial charge is 0.0164 e. The van der Waals surface area contributed by atoms with Gasteiger partial charge in [0.05, 0.1) is 0 Å². The lowest BCUT2D eigenvalue weighted by Gasteiger charge is -2.40. The van der Waals surface area contributed by atoms with Gasteiger partial charge in [-0.1, -0.05) is 19.1 Å². The first-order valence-electron chi connectivity index (χ1n) is 6.41. The van der Waals surface area contributed by atoms with Gasteiger partial charge in [0, 0.05) is 26.2 Å². The van der Waals surface area contributed by atoms with Crippen LogP contribution in [-0.2, 0) is 0 Å². The van der Waals surface area contributed by atoms with E-state index in [4.69, 9.17) is 0 Å². The highest BCUT2D eigenvalue weighted by Gasteiger charge is 2.31. The van der Waals surface area contributed by atoms with Gasteiger partial charge >= 0.3 is 0 Å². The molecule has 16 heavy (non-hydrogen) atoms. The van der Waals surface area contributed by atoms with E-state index in [1.54, 1.807) is 0 Å². The van der Waals surface area contributed by atoms with Crippen LogP contribution in [0.25, 0.3) is 0 Å². The third-order valence-corrected chi connectivity index (χ3v) is 3.64. The fourth-order valence-corrected chi connectivity index (χ4v) is 2.62. The lowest BCUT2D eigenvalue weighted by Crippen LogP contribution is -2.47. The van der Waals surface area contributed by atoms with Gasteiger partial charge in [0.2, 0.25) is 0 Å². The predicted octanol–water partition coefficient (Wildman–Crippen LogP) is 2.44. The molecule has 1 heterocycles. The van der Waals surface area contributed by atoms with Crippen LogP contribution in [0, 0.1) is 5.41 Å². The molecule has 0 aromatic rings. The van der Waals surface area contributed by atoms with E-state index < -0.39 is 0 Å². The van der Waals surface area contributed by atoms with Crippen molar-refractivity contribution in [2.45, 2.75) is 26.2 Å². The molecule has 0 aliphatic carbocycles. The summed E-state index contributed by atoms with van der Waals surface area (Å²) in [6, 6.07) is 0. The normalized spacial score (nSPS) is 25.6. The zero-order valence-corrected chi connectivity index (χ0v) is 10.7. The molecular formula is C14H26N2. The van der Waals surface area contributed by atoms with E-state index in [1.165, 1.54) is 25.8 Å². The summed E-state index contributed by atoms with van der Waals surface area (Å²) in [5, 5.41) is 3.54. The van der Waals surface area contributed by atoms with Gasteiger partial charge in [-0.25, -0.2) is 0 Å². The highest BCUT2D eigenvalue weighted by molar-refractivity contribution is 4.90. The molecule has 1 unspecified atom stereocenters. The summed E-state index contributed by atoms with van der Waals surface area (Å²) >= 11 is 0. The Kier molecular flexibility index (Phi) is 5.78. The molecule has 0 aromatic heterocycles. The Morgan fingerprint density at radius 1 is 1.31 bits per heavy atom. The summed E-state index contributed by atoms with van der Waals surface area (Å²) in [6.07, 6.45) is 7.89. The van der Waals surface area contributed by atoms with Crippen molar-refractivity contribution in [2.24, 2.45) is 5.41 Å². The van der Waals surface area contributed by atoms with Gasteiger partial charge in [-0.2, -0.15) is 0 Å². The number of piperidine rings is 1. The molecule has 1 fully saturated rings. The summed E-state index contributed by atoms with van der Waals surface area (Å²) in [6.45, 7) is 15.4. The predicted molar refractivity (Wildman–Crippen MR) is 71.7 cm³/mol. The van der Waals surface area contributed by atoms with Crippen molar-refractivity contribution in [2.75, 3.05) is 32.7 Å². The molecule has 0 bridgehead atoms. The minimum atomic E-state index is 0.463. The maximum atomic E-state index is 3.83. The third-order valence-electron chi connectivity index (χ3n) is 3.64. The van der Waals surface area contributed by atoms with Crippen LogP contribution < -0.4 is 5.32 Å². The molecule has 2 nitrogen and oxygen atoms in total. The standard InChI is InChI=1S/C14H26N2/c1-4-10-16(11-5-2)13-14(6-3)8-7-9-15-12-14/h4-5,15H,1-2,6-13H2,3H3. The van der Waals surface area contributed by atoms with Gasteiger partial charge in [-0.3, -0.25) is 4.90 Å². The Hall–Kier alpha value is -0.600. The van der Waals surface area contributed by atoms with Crippen LogP contribution in [0.1, 0.15) is 26.2 Å². The number of rotatable bonds is 7. The number of hydrogen-bond donors (Lipinski definition) is 1. The highest BCUT2D eigenvalue weighted by atomic mass is 15.1. The Balaban J connectivity index is 2.56. The molecular weight excluding hydrogens is 196 g/mol. The van der Waals surface area contributed by atoms with Gasteiger partial charge in [0.15, 0.2) is 0 Å². The van der Waals surface area contributed by atoms with Crippen molar-refractivity contribution in [3.8, 4) is 0 Å². The Morgan fingerprint density at radius 3 is 2.44 bits per heavy atom. The van der Waals surface area contributed by atoms with Crippen LogP contribution in [0.4, 0.5) is 0 Å². The molecule has 1 saturated heterocycles. The van der Waals surface area contributed by atoms with E-state index in [9.17, 15) is 0 Å². The Morgan fingerprint density at radius 2 is 2.00 bits per heavy atom. The molecule has 1 aliphatic heterocycles. The minimum absolute atomic E-state index is 0.463. The monoisotopic (exact) mass is 222 g/mol. The first-order chi connectivity index (χ1) is 7.76. The molecule has 0 aromatic carbocycles. The van der Waals surface area contributed by atoms with Crippen LogP contribution in [0.15, 0.2) is 25.3 Å². The topological polar surface area (TPSA) is 15.3 Å². The fraction of sp³-hybridized carbons (Fsp3) is 0.714. The van der Waals surface area contributed by atoms with E-state index >= 15 is 0 Å². The summed E-state index contributed by atoms with van der Waals surface area (Å²) < 4.78 is 0. The second-order valence-electron chi connectivity index (χ2n) is 4.91. The molecule has 0 radical (unpaired) electrons. The molecule has 0 saturated carbocycles.